The summed E-state index contributed by atoms with van der Waals surface area (Å²) in [4.78, 5) is 3.51. The predicted molar refractivity (Wildman–Crippen MR) is 101 cm³/mol. The summed E-state index contributed by atoms with van der Waals surface area (Å²) >= 11 is 7.16. The van der Waals surface area contributed by atoms with E-state index in [0.717, 1.165) is 36.5 Å². The van der Waals surface area contributed by atoms with Crippen molar-refractivity contribution in [3.63, 3.8) is 0 Å². The van der Waals surface area contributed by atoms with Crippen molar-refractivity contribution in [2.75, 3.05) is 0 Å². The number of fused-ring (bicyclic) bond motifs is 3. The zero-order valence-electron chi connectivity index (χ0n) is 11.9. The molecular formula is C19H10Br2N2. The Bertz CT molecular complexity index is 1100. The second-order valence-corrected chi connectivity index (χ2v) is 7.21. The summed E-state index contributed by atoms with van der Waals surface area (Å²) in [6.45, 7) is 0. The van der Waals surface area contributed by atoms with Gasteiger partial charge in [0.2, 0.25) is 0 Å². The van der Waals surface area contributed by atoms with Gasteiger partial charge in [-0.25, -0.2) is 0 Å². The van der Waals surface area contributed by atoms with Crippen LogP contribution in [0.15, 0.2) is 63.5 Å². The van der Waals surface area contributed by atoms with Crippen molar-refractivity contribution in [2.24, 2.45) is 0 Å². The van der Waals surface area contributed by atoms with Gasteiger partial charge in [-0.15, -0.1) is 0 Å². The molecule has 23 heavy (non-hydrogen) atoms. The normalized spacial score (nSPS) is 11.0. The highest BCUT2D eigenvalue weighted by atomic mass is 79.9. The zero-order valence-corrected chi connectivity index (χ0v) is 15.1. The van der Waals surface area contributed by atoms with Gasteiger partial charge in [-0.05, 0) is 48.0 Å². The van der Waals surface area contributed by atoms with Crippen molar-refractivity contribution in [3.8, 4) is 17.2 Å². The van der Waals surface area contributed by atoms with E-state index >= 15 is 0 Å². The van der Waals surface area contributed by atoms with Crippen LogP contribution < -0.4 is 0 Å². The fourth-order valence-electron chi connectivity index (χ4n) is 2.92. The molecule has 0 fully saturated rings. The molecule has 1 N–H and O–H groups in total. The molecule has 0 atom stereocenters. The topological polar surface area (TPSA) is 39.6 Å². The summed E-state index contributed by atoms with van der Waals surface area (Å²) in [7, 11) is 0. The SMILES string of the molecule is N#Cc1cccc(-c2cc(Br)cc3c2[nH]c2ccc(Br)cc23)c1. The van der Waals surface area contributed by atoms with Crippen LogP contribution >= 0.6 is 31.9 Å². The Morgan fingerprint density at radius 1 is 0.870 bits per heavy atom. The monoisotopic (exact) mass is 424 g/mol. The molecule has 0 radical (unpaired) electrons. The Morgan fingerprint density at radius 3 is 2.52 bits per heavy atom. The van der Waals surface area contributed by atoms with Crippen molar-refractivity contribution < 1.29 is 0 Å². The summed E-state index contributed by atoms with van der Waals surface area (Å²) in [5, 5.41) is 11.5. The Labute approximate surface area is 150 Å². The second kappa shape index (κ2) is 5.52. The highest BCUT2D eigenvalue weighted by molar-refractivity contribution is 9.10. The number of rotatable bonds is 1. The Hall–Kier alpha value is -2.09. The van der Waals surface area contributed by atoms with E-state index < -0.39 is 0 Å². The van der Waals surface area contributed by atoms with Crippen LogP contribution in [-0.2, 0) is 0 Å². The minimum absolute atomic E-state index is 0.662. The van der Waals surface area contributed by atoms with E-state index in [2.05, 4.69) is 67.2 Å². The van der Waals surface area contributed by atoms with Crippen LogP contribution in [0.4, 0.5) is 0 Å². The number of nitriles is 1. The number of hydrogen-bond donors (Lipinski definition) is 1. The van der Waals surface area contributed by atoms with Crippen molar-refractivity contribution in [1.29, 1.82) is 5.26 Å². The van der Waals surface area contributed by atoms with Crippen LogP contribution in [-0.4, -0.2) is 4.98 Å². The number of aromatic nitrogens is 1. The smallest absolute Gasteiger partial charge is 0.0991 e. The van der Waals surface area contributed by atoms with Gasteiger partial charge in [-0.2, -0.15) is 5.26 Å². The number of nitrogens with zero attached hydrogens (tertiary/aromatic N) is 1. The molecule has 1 aromatic heterocycles. The molecule has 0 bridgehead atoms. The molecule has 2 nitrogen and oxygen atoms in total. The fraction of sp³-hybridized carbons (Fsp3) is 0. The maximum Gasteiger partial charge on any atom is 0.0991 e. The van der Waals surface area contributed by atoms with E-state index in [4.69, 9.17) is 5.26 Å². The largest absolute Gasteiger partial charge is 0.354 e. The summed E-state index contributed by atoms with van der Waals surface area (Å²) in [5.41, 5.74) is 4.95. The Morgan fingerprint density at radius 2 is 1.70 bits per heavy atom. The van der Waals surface area contributed by atoms with Gasteiger partial charge in [-0.3, -0.25) is 0 Å². The van der Waals surface area contributed by atoms with Gasteiger partial charge in [0, 0.05) is 30.8 Å². The zero-order chi connectivity index (χ0) is 16.0. The lowest BCUT2D eigenvalue weighted by Gasteiger charge is -2.06. The van der Waals surface area contributed by atoms with Crippen LogP contribution in [0.1, 0.15) is 5.56 Å². The van der Waals surface area contributed by atoms with Gasteiger partial charge < -0.3 is 4.98 Å². The Kier molecular flexibility index (Phi) is 3.48. The van der Waals surface area contributed by atoms with Crippen molar-refractivity contribution in [3.05, 3.63) is 69.1 Å². The molecule has 0 aliphatic rings. The predicted octanol–water partition coefficient (Wildman–Crippen LogP) is 6.38. The number of halogens is 2. The molecule has 4 heteroatoms. The minimum atomic E-state index is 0.662. The van der Waals surface area contributed by atoms with Gasteiger partial charge in [0.25, 0.3) is 0 Å². The summed E-state index contributed by atoms with van der Waals surface area (Å²) in [6.07, 6.45) is 0. The maximum atomic E-state index is 9.15. The highest BCUT2D eigenvalue weighted by Crippen LogP contribution is 2.37. The number of nitrogens with one attached hydrogen (secondary N) is 1. The summed E-state index contributed by atoms with van der Waals surface area (Å²) in [6, 6.07) is 20.3. The molecule has 0 amide bonds. The molecule has 0 aliphatic carbocycles. The molecule has 4 aromatic rings. The molecule has 0 aliphatic heterocycles. The average Bonchev–Trinajstić information content (AvgIpc) is 2.92. The van der Waals surface area contributed by atoms with Crippen LogP contribution in [0, 0.1) is 11.3 Å². The summed E-state index contributed by atoms with van der Waals surface area (Å²) in [5.74, 6) is 0. The average molecular weight is 426 g/mol. The number of H-pyrrole nitrogens is 1. The first-order valence-corrected chi connectivity index (χ1v) is 8.65. The molecule has 4 rings (SSSR count). The minimum Gasteiger partial charge on any atom is -0.354 e. The summed E-state index contributed by atoms with van der Waals surface area (Å²) < 4.78 is 2.07. The van der Waals surface area contributed by atoms with Crippen LogP contribution in [0.25, 0.3) is 32.9 Å². The van der Waals surface area contributed by atoms with Crippen LogP contribution in [0.3, 0.4) is 0 Å². The van der Waals surface area contributed by atoms with Crippen LogP contribution in [0.5, 0.6) is 0 Å². The molecule has 0 saturated carbocycles. The molecule has 110 valence electrons. The van der Waals surface area contributed by atoms with E-state index in [1.165, 1.54) is 5.39 Å². The standard InChI is InChI=1S/C19H10Br2N2/c20-13-4-5-18-16(7-13)17-9-14(21)8-15(19(17)23-18)12-3-1-2-11(6-12)10-22/h1-9,23H. The first kappa shape index (κ1) is 14.5. The van der Waals surface area contributed by atoms with Gasteiger partial charge in [0.05, 0.1) is 17.1 Å². The van der Waals surface area contributed by atoms with E-state index in [0.29, 0.717) is 5.56 Å². The van der Waals surface area contributed by atoms with Gasteiger partial charge in [-0.1, -0.05) is 44.0 Å². The Balaban J connectivity index is 2.10. The lowest BCUT2D eigenvalue weighted by molar-refractivity contribution is 1.48. The van der Waals surface area contributed by atoms with E-state index in [1.54, 1.807) is 0 Å². The van der Waals surface area contributed by atoms with E-state index in [1.807, 2.05) is 30.3 Å². The van der Waals surface area contributed by atoms with Crippen molar-refractivity contribution in [2.45, 2.75) is 0 Å². The fourth-order valence-corrected chi connectivity index (χ4v) is 3.74. The van der Waals surface area contributed by atoms with Crippen molar-refractivity contribution in [1.82, 2.24) is 4.98 Å². The number of aromatic amines is 1. The third kappa shape index (κ3) is 2.46. The van der Waals surface area contributed by atoms with Crippen molar-refractivity contribution >= 4 is 53.7 Å². The first-order chi connectivity index (χ1) is 11.2. The van der Waals surface area contributed by atoms with E-state index in [-0.39, 0.29) is 0 Å². The molecular weight excluding hydrogens is 416 g/mol. The third-order valence-electron chi connectivity index (χ3n) is 3.94. The van der Waals surface area contributed by atoms with E-state index in [9.17, 15) is 0 Å². The van der Waals surface area contributed by atoms with Gasteiger partial charge in [0.1, 0.15) is 0 Å². The molecule has 0 unspecified atom stereocenters. The van der Waals surface area contributed by atoms with Gasteiger partial charge in [0.15, 0.2) is 0 Å². The quantitative estimate of drug-likeness (QED) is 0.377. The maximum absolute atomic E-state index is 9.15. The molecule has 1 heterocycles. The molecule has 0 spiro atoms. The number of hydrogen-bond acceptors (Lipinski definition) is 1. The van der Waals surface area contributed by atoms with Gasteiger partial charge >= 0.3 is 0 Å². The highest BCUT2D eigenvalue weighted by Gasteiger charge is 2.12. The lowest BCUT2D eigenvalue weighted by Crippen LogP contribution is -1.83. The molecule has 3 aromatic carbocycles. The second-order valence-electron chi connectivity index (χ2n) is 5.38. The molecule has 0 saturated heterocycles. The third-order valence-corrected chi connectivity index (χ3v) is 4.89. The van der Waals surface area contributed by atoms with Crippen LogP contribution in [0.2, 0.25) is 0 Å². The lowest BCUT2D eigenvalue weighted by atomic mass is 10.0. The first-order valence-electron chi connectivity index (χ1n) is 7.07. The number of benzene rings is 3.